The summed E-state index contributed by atoms with van der Waals surface area (Å²) in [5.41, 5.74) is 6.16. The minimum atomic E-state index is -0.884. The molecule has 0 bridgehead atoms. The number of fused-ring (bicyclic) bond motifs is 1. The fourth-order valence-corrected chi connectivity index (χ4v) is 5.61. The number of likely N-dealkylation sites (tertiary alicyclic amines) is 1. The number of aromatic carboxylic acids is 1. The fraction of sp³-hybridized carbons (Fsp3) is 0.375. The third kappa shape index (κ3) is 6.41. The molecule has 2 N–H and O–H groups in total. The highest BCUT2D eigenvalue weighted by molar-refractivity contribution is 5.94. The van der Waals surface area contributed by atoms with Crippen LogP contribution in [0.25, 0.3) is 22.2 Å². The lowest BCUT2D eigenvalue weighted by atomic mass is 9.86. The van der Waals surface area contributed by atoms with Crippen molar-refractivity contribution in [3.05, 3.63) is 77.2 Å². The van der Waals surface area contributed by atoms with E-state index in [4.69, 9.17) is 4.74 Å². The molecule has 1 aromatic carbocycles. The van der Waals surface area contributed by atoms with Gasteiger partial charge in [0.2, 0.25) is 0 Å². The number of nitrogens with one attached hydrogen (secondary N) is 1. The Morgan fingerprint density at radius 2 is 1.83 bits per heavy atom. The number of aryl methyl sites for hydroxylation is 2. The van der Waals surface area contributed by atoms with E-state index in [1.54, 1.807) is 24.4 Å². The summed E-state index contributed by atoms with van der Waals surface area (Å²) >= 11 is 0. The van der Waals surface area contributed by atoms with Crippen LogP contribution in [0.4, 0.5) is 10.6 Å². The molecule has 41 heavy (non-hydrogen) atoms. The SMILES string of the molecule is Cc1cc(C(=O)O)ccc1C1CCN(Cc2cc3c(-c4ccc(NC(=O)OC(C)(C)C)nc4)ccnc3n2C)CC1. The second-order valence-corrected chi connectivity index (χ2v) is 11.8. The largest absolute Gasteiger partial charge is 0.478 e. The number of nitrogens with zero attached hydrogens (tertiary/aromatic N) is 4. The third-order valence-electron chi connectivity index (χ3n) is 7.66. The van der Waals surface area contributed by atoms with Crippen LogP contribution < -0.4 is 5.32 Å². The summed E-state index contributed by atoms with van der Waals surface area (Å²) < 4.78 is 7.47. The van der Waals surface area contributed by atoms with Crippen LogP contribution in [0, 0.1) is 6.92 Å². The van der Waals surface area contributed by atoms with Crippen LogP contribution in [-0.4, -0.2) is 55.3 Å². The number of carbonyl (C=O) groups is 2. The molecule has 9 heteroatoms. The predicted molar refractivity (Wildman–Crippen MR) is 159 cm³/mol. The first-order valence-electron chi connectivity index (χ1n) is 13.9. The number of hydrogen-bond donors (Lipinski definition) is 2. The number of amides is 1. The zero-order valence-electron chi connectivity index (χ0n) is 24.3. The summed E-state index contributed by atoms with van der Waals surface area (Å²) in [6.07, 6.45) is 5.11. The van der Waals surface area contributed by atoms with Crippen molar-refractivity contribution in [1.29, 1.82) is 0 Å². The Kier molecular flexibility index (Phi) is 7.82. The summed E-state index contributed by atoms with van der Waals surface area (Å²) in [6, 6.07) is 13.4. The number of hydrogen-bond acceptors (Lipinski definition) is 6. The Morgan fingerprint density at radius 1 is 1.07 bits per heavy atom. The number of carboxylic acids is 1. The van der Waals surface area contributed by atoms with Gasteiger partial charge in [-0.1, -0.05) is 6.07 Å². The maximum Gasteiger partial charge on any atom is 0.413 e. The minimum absolute atomic E-state index is 0.344. The van der Waals surface area contributed by atoms with Gasteiger partial charge < -0.3 is 14.4 Å². The van der Waals surface area contributed by atoms with Crippen molar-refractivity contribution in [3.8, 4) is 11.1 Å². The first-order valence-corrected chi connectivity index (χ1v) is 13.9. The lowest BCUT2D eigenvalue weighted by Gasteiger charge is -2.33. The zero-order valence-corrected chi connectivity index (χ0v) is 24.3. The van der Waals surface area contributed by atoms with E-state index in [0.717, 1.165) is 60.2 Å². The Morgan fingerprint density at radius 3 is 2.46 bits per heavy atom. The number of carbonyl (C=O) groups excluding carboxylic acids is 1. The highest BCUT2D eigenvalue weighted by Gasteiger charge is 2.24. The molecule has 0 radical (unpaired) electrons. The maximum atomic E-state index is 12.1. The highest BCUT2D eigenvalue weighted by Crippen LogP contribution is 2.33. The van der Waals surface area contributed by atoms with Gasteiger partial charge in [-0.2, -0.15) is 0 Å². The molecule has 0 spiro atoms. The van der Waals surface area contributed by atoms with Gasteiger partial charge in [0.25, 0.3) is 0 Å². The van der Waals surface area contributed by atoms with Crippen LogP contribution in [0.15, 0.2) is 54.9 Å². The molecule has 4 heterocycles. The molecule has 5 rings (SSSR count). The monoisotopic (exact) mass is 555 g/mol. The first kappa shape index (κ1) is 28.3. The first-order chi connectivity index (χ1) is 19.5. The molecule has 9 nitrogen and oxygen atoms in total. The van der Waals surface area contributed by atoms with Crippen molar-refractivity contribution in [2.24, 2.45) is 7.05 Å². The van der Waals surface area contributed by atoms with Crippen LogP contribution >= 0.6 is 0 Å². The fourth-order valence-electron chi connectivity index (χ4n) is 5.61. The number of benzene rings is 1. The van der Waals surface area contributed by atoms with Gasteiger partial charge in [0.1, 0.15) is 17.1 Å². The van der Waals surface area contributed by atoms with Crippen molar-refractivity contribution in [1.82, 2.24) is 19.4 Å². The number of piperidine rings is 1. The summed E-state index contributed by atoms with van der Waals surface area (Å²) in [6.45, 7) is 10.2. The zero-order chi connectivity index (χ0) is 29.3. The summed E-state index contributed by atoms with van der Waals surface area (Å²) in [7, 11) is 2.06. The quantitative estimate of drug-likeness (QED) is 0.285. The summed E-state index contributed by atoms with van der Waals surface area (Å²) in [5.74, 6) is -0.0147. The van der Waals surface area contributed by atoms with Gasteiger partial charge in [0.05, 0.1) is 5.56 Å². The van der Waals surface area contributed by atoms with E-state index in [1.807, 2.05) is 52.1 Å². The number of ether oxygens (including phenoxy) is 1. The maximum absolute atomic E-state index is 12.1. The summed E-state index contributed by atoms with van der Waals surface area (Å²) in [4.78, 5) is 35.0. The number of anilines is 1. The number of rotatable bonds is 6. The van der Waals surface area contributed by atoms with Crippen molar-refractivity contribution in [2.75, 3.05) is 18.4 Å². The van der Waals surface area contributed by atoms with E-state index >= 15 is 0 Å². The second-order valence-electron chi connectivity index (χ2n) is 11.8. The lowest BCUT2D eigenvalue weighted by molar-refractivity contribution is 0.0633. The molecule has 1 aliphatic rings. The Labute approximate surface area is 240 Å². The van der Waals surface area contributed by atoms with Crippen LogP contribution in [0.1, 0.15) is 66.7 Å². The van der Waals surface area contributed by atoms with Crippen molar-refractivity contribution in [2.45, 2.75) is 58.6 Å². The lowest BCUT2D eigenvalue weighted by Crippen LogP contribution is -2.33. The predicted octanol–water partition coefficient (Wildman–Crippen LogP) is 6.37. The Bertz CT molecular complexity index is 1580. The molecule has 0 saturated carbocycles. The van der Waals surface area contributed by atoms with E-state index in [0.29, 0.717) is 17.3 Å². The smallest absolute Gasteiger partial charge is 0.413 e. The number of pyridine rings is 2. The molecule has 1 fully saturated rings. The van der Waals surface area contributed by atoms with Gasteiger partial charge in [-0.3, -0.25) is 10.2 Å². The molecule has 214 valence electrons. The van der Waals surface area contributed by atoms with Crippen LogP contribution in [0.3, 0.4) is 0 Å². The Hall–Kier alpha value is -4.24. The van der Waals surface area contributed by atoms with Gasteiger partial charge in [0.15, 0.2) is 0 Å². The highest BCUT2D eigenvalue weighted by atomic mass is 16.6. The van der Waals surface area contributed by atoms with Gasteiger partial charge in [0, 0.05) is 42.6 Å². The van der Waals surface area contributed by atoms with Gasteiger partial charge in [-0.25, -0.2) is 19.6 Å². The normalized spacial score (nSPS) is 14.8. The van der Waals surface area contributed by atoms with E-state index < -0.39 is 17.7 Å². The molecule has 0 aliphatic carbocycles. The molecule has 1 saturated heterocycles. The minimum Gasteiger partial charge on any atom is -0.478 e. The van der Waals surface area contributed by atoms with Crippen molar-refractivity contribution in [3.63, 3.8) is 0 Å². The Balaban J connectivity index is 1.27. The van der Waals surface area contributed by atoms with E-state index in [1.165, 1.54) is 11.3 Å². The summed E-state index contributed by atoms with van der Waals surface area (Å²) in [5, 5.41) is 13.0. The molecule has 4 aromatic rings. The van der Waals surface area contributed by atoms with Crippen LogP contribution in [0.5, 0.6) is 0 Å². The van der Waals surface area contributed by atoms with Gasteiger partial charge >= 0.3 is 12.1 Å². The van der Waals surface area contributed by atoms with Crippen molar-refractivity contribution < 1.29 is 19.4 Å². The average Bonchev–Trinajstić information content (AvgIpc) is 3.23. The molecular weight excluding hydrogens is 518 g/mol. The van der Waals surface area contributed by atoms with E-state index in [-0.39, 0.29) is 0 Å². The molecular formula is C32H37N5O4. The van der Waals surface area contributed by atoms with Crippen LogP contribution in [0.2, 0.25) is 0 Å². The van der Waals surface area contributed by atoms with E-state index in [9.17, 15) is 14.7 Å². The third-order valence-corrected chi connectivity index (χ3v) is 7.66. The van der Waals surface area contributed by atoms with Crippen molar-refractivity contribution >= 4 is 28.9 Å². The average molecular weight is 556 g/mol. The molecule has 0 unspecified atom stereocenters. The molecule has 1 aliphatic heterocycles. The number of aromatic nitrogens is 3. The van der Waals surface area contributed by atoms with Crippen LogP contribution in [-0.2, 0) is 18.3 Å². The standard InChI is InChI=1S/C32H37N5O4/c1-20-16-22(30(38)39)6-8-25(20)21-11-14-37(15-12-21)19-24-17-27-26(10-13-33-29(27)36(24)5)23-7-9-28(34-18-23)35-31(40)41-32(2,3)4/h6-10,13,16-18,21H,11-12,14-15,19H2,1-5H3,(H,38,39)(H,34,35,40). The number of carboxylic acid groups (broad SMARTS) is 1. The second kappa shape index (κ2) is 11.3. The molecule has 0 atom stereocenters. The van der Waals surface area contributed by atoms with E-state index in [2.05, 4.69) is 37.9 Å². The van der Waals surface area contributed by atoms with Gasteiger partial charge in [-0.05, 0) is 113 Å². The van der Waals surface area contributed by atoms with Gasteiger partial charge in [-0.15, -0.1) is 0 Å². The topological polar surface area (TPSA) is 110 Å². The molecule has 1 amide bonds. The molecule has 3 aromatic heterocycles.